The highest BCUT2D eigenvalue weighted by molar-refractivity contribution is 14.0. The van der Waals surface area contributed by atoms with Crippen LogP contribution in [0.25, 0.3) is 0 Å². The molecule has 0 atom stereocenters. The summed E-state index contributed by atoms with van der Waals surface area (Å²) in [6.45, 7) is 15.3. The fraction of sp³-hybridized carbons (Fsp3) is 0.889. The monoisotopic (exact) mass is 480 g/mol. The van der Waals surface area contributed by atoms with E-state index in [1.807, 2.05) is 0 Å². The van der Waals surface area contributed by atoms with Crippen LogP contribution in [0, 0.1) is 0 Å². The molecule has 1 saturated carbocycles. The lowest BCUT2D eigenvalue weighted by atomic mass is 10.1. The Balaban J connectivity index is 0.00000338. The Labute approximate surface area is 175 Å². The van der Waals surface area contributed by atoms with E-state index < -0.39 is 0 Å². The van der Waals surface area contributed by atoms with Crippen molar-refractivity contribution < 1.29 is 4.79 Å². The van der Waals surface area contributed by atoms with E-state index in [1.54, 1.807) is 0 Å². The summed E-state index contributed by atoms with van der Waals surface area (Å²) in [5.74, 6) is 1.16. The molecule has 0 bridgehead atoms. The van der Waals surface area contributed by atoms with Gasteiger partial charge in [-0.1, -0.05) is 0 Å². The standard InChI is InChI=1S/C18H36N6O.HI/c1-5-19-17(20-8-9-21-18(2,3)4)24-12-10-23(11-13-24)14-16(25)22-15-6-7-15;/h15,21H,5-14H2,1-4H3,(H,19,20)(H,22,25);1H. The minimum atomic E-state index is 0. The summed E-state index contributed by atoms with van der Waals surface area (Å²) in [6, 6.07) is 0.447. The van der Waals surface area contributed by atoms with E-state index in [9.17, 15) is 4.79 Å². The third kappa shape index (κ3) is 9.36. The predicted octanol–water partition coefficient (Wildman–Crippen LogP) is 0.854. The second kappa shape index (κ2) is 11.3. The zero-order chi connectivity index (χ0) is 18.3. The van der Waals surface area contributed by atoms with Gasteiger partial charge in [0.15, 0.2) is 5.96 Å². The number of nitrogens with zero attached hydrogens (tertiary/aromatic N) is 3. The fourth-order valence-corrected chi connectivity index (χ4v) is 2.84. The van der Waals surface area contributed by atoms with Crippen molar-refractivity contribution in [1.82, 2.24) is 25.8 Å². The first kappa shape index (κ1) is 23.4. The minimum absolute atomic E-state index is 0. The predicted molar refractivity (Wildman–Crippen MR) is 118 cm³/mol. The van der Waals surface area contributed by atoms with Crippen LogP contribution in [0.15, 0.2) is 4.99 Å². The second-order valence-corrected chi connectivity index (χ2v) is 8.02. The Morgan fingerprint density at radius 2 is 1.81 bits per heavy atom. The Morgan fingerprint density at radius 1 is 1.15 bits per heavy atom. The van der Waals surface area contributed by atoms with Gasteiger partial charge in [0.25, 0.3) is 0 Å². The molecule has 3 N–H and O–H groups in total. The molecule has 2 rings (SSSR count). The van der Waals surface area contributed by atoms with Crippen LogP contribution in [0.1, 0.15) is 40.5 Å². The Kier molecular flexibility index (Phi) is 10.2. The molecule has 0 aromatic heterocycles. The molecule has 1 aliphatic heterocycles. The number of nitrogens with one attached hydrogen (secondary N) is 3. The largest absolute Gasteiger partial charge is 0.357 e. The summed E-state index contributed by atoms with van der Waals surface area (Å²) in [4.78, 5) is 21.2. The highest BCUT2D eigenvalue weighted by Gasteiger charge is 2.25. The molecule has 1 amide bonds. The zero-order valence-electron chi connectivity index (χ0n) is 16.8. The molecule has 0 radical (unpaired) electrons. The van der Waals surface area contributed by atoms with Crippen LogP contribution in [-0.2, 0) is 4.79 Å². The average Bonchev–Trinajstić information content (AvgIpc) is 3.34. The maximum absolute atomic E-state index is 11.9. The highest BCUT2D eigenvalue weighted by Crippen LogP contribution is 2.18. The number of carbonyl (C=O) groups is 1. The maximum atomic E-state index is 11.9. The molecule has 0 aromatic carbocycles. The van der Waals surface area contributed by atoms with Crippen molar-refractivity contribution in [2.45, 2.75) is 52.1 Å². The lowest BCUT2D eigenvalue weighted by Crippen LogP contribution is -2.54. The molecule has 26 heavy (non-hydrogen) atoms. The van der Waals surface area contributed by atoms with Gasteiger partial charge in [0, 0.05) is 50.8 Å². The van der Waals surface area contributed by atoms with E-state index in [0.717, 1.165) is 64.6 Å². The van der Waals surface area contributed by atoms with E-state index in [4.69, 9.17) is 4.99 Å². The summed E-state index contributed by atoms with van der Waals surface area (Å²) in [5.41, 5.74) is 0.126. The first-order valence-corrected chi connectivity index (χ1v) is 9.67. The van der Waals surface area contributed by atoms with Crippen molar-refractivity contribution in [3.63, 3.8) is 0 Å². The maximum Gasteiger partial charge on any atom is 0.234 e. The van der Waals surface area contributed by atoms with E-state index in [-0.39, 0.29) is 35.4 Å². The number of carbonyl (C=O) groups excluding carboxylic acids is 1. The van der Waals surface area contributed by atoms with Crippen LogP contribution < -0.4 is 16.0 Å². The lowest BCUT2D eigenvalue weighted by molar-refractivity contribution is -0.122. The molecule has 2 aliphatic rings. The Morgan fingerprint density at radius 3 is 2.35 bits per heavy atom. The van der Waals surface area contributed by atoms with Crippen LogP contribution in [0.3, 0.4) is 0 Å². The number of rotatable bonds is 7. The lowest BCUT2D eigenvalue weighted by Gasteiger charge is -2.36. The molecule has 7 nitrogen and oxygen atoms in total. The van der Waals surface area contributed by atoms with Crippen LogP contribution >= 0.6 is 24.0 Å². The highest BCUT2D eigenvalue weighted by atomic mass is 127. The molecule has 0 unspecified atom stereocenters. The first-order chi connectivity index (χ1) is 11.9. The van der Waals surface area contributed by atoms with Crippen molar-refractivity contribution in [1.29, 1.82) is 0 Å². The number of halogens is 1. The summed E-state index contributed by atoms with van der Waals surface area (Å²) < 4.78 is 0. The molecular formula is C18H37IN6O. The van der Waals surface area contributed by atoms with Gasteiger partial charge in [0.05, 0.1) is 13.1 Å². The smallest absolute Gasteiger partial charge is 0.234 e. The van der Waals surface area contributed by atoms with E-state index in [1.165, 1.54) is 0 Å². The molecule has 8 heteroatoms. The summed E-state index contributed by atoms with van der Waals surface area (Å²) in [6.07, 6.45) is 2.29. The Bertz CT molecular complexity index is 453. The van der Waals surface area contributed by atoms with Gasteiger partial charge < -0.3 is 20.9 Å². The Hall–Kier alpha value is -0.610. The summed E-state index contributed by atoms with van der Waals surface area (Å²) >= 11 is 0. The SMILES string of the molecule is CCNC(=NCCNC(C)(C)C)N1CCN(CC(=O)NC2CC2)CC1.I. The van der Waals surface area contributed by atoms with E-state index in [2.05, 4.69) is 53.4 Å². The van der Waals surface area contributed by atoms with Crippen LogP contribution in [-0.4, -0.2) is 85.6 Å². The molecule has 1 saturated heterocycles. The van der Waals surface area contributed by atoms with E-state index >= 15 is 0 Å². The molecule has 1 aliphatic carbocycles. The van der Waals surface area contributed by atoms with Gasteiger partial charge in [-0.25, -0.2) is 0 Å². The number of aliphatic imine (C=N–C) groups is 1. The van der Waals surface area contributed by atoms with Crippen molar-refractivity contribution in [2.24, 2.45) is 4.99 Å². The number of hydrogen-bond acceptors (Lipinski definition) is 4. The van der Waals surface area contributed by atoms with Crippen molar-refractivity contribution >= 4 is 35.8 Å². The minimum Gasteiger partial charge on any atom is -0.357 e. The van der Waals surface area contributed by atoms with Crippen molar-refractivity contribution in [2.75, 3.05) is 52.4 Å². The first-order valence-electron chi connectivity index (χ1n) is 9.67. The molecule has 152 valence electrons. The summed E-state index contributed by atoms with van der Waals surface area (Å²) in [5, 5.41) is 9.92. The van der Waals surface area contributed by atoms with E-state index in [0.29, 0.717) is 12.6 Å². The third-order valence-electron chi connectivity index (χ3n) is 4.35. The van der Waals surface area contributed by atoms with Gasteiger partial charge in [-0.05, 0) is 40.5 Å². The zero-order valence-corrected chi connectivity index (χ0v) is 19.1. The second-order valence-electron chi connectivity index (χ2n) is 8.02. The number of hydrogen-bond donors (Lipinski definition) is 3. The van der Waals surface area contributed by atoms with Crippen molar-refractivity contribution in [3.8, 4) is 0 Å². The molecule has 0 spiro atoms. The topological polar surface area (TPSA) is 72.0 Å². The number of amides is 1. The van der Waals surface area contributed by atoms with Crippen LogP contribution in [0.5, 0.6) is 0 Å². The molecule has 2 fully saturated rings. The van der Waals surface area contributed by atoms with Gasteiger partial charge in [-0.15, -0.1) is 24.0 Å². The number of guanidine groups is 1. The average molecular weight is 480 g/mol. The summed E-state index contributed by atoms with van der Waals surface area (Å²) in [7, 11) is 0. The van der Waals surface area contributed by atoms with Gasteiger partial charge in [-0.3, -0.25) is 14.7 Å². The van der Waals surface area contributed by atoms with Gasteiger partial charge >= 0.3 is 0 Å². The normalized spacial score (nSPS) is 19.1. The van der Waals surface area contributed by atoms with Gasteiger partial charge in [-0.2, -0.15) is 0 Å². The quantitative estimate of drug-likeness (QED) is 0.218. The van der Waals surface area contributed by atoms with Crippen LogP contribution in [0.2, 0.25) is 0 Å². The third-order valence-corrected chi connectivity index (χ3v) is 4.35. The molecule has 0 aromatic rings. The molecular weight excluding hydrogens is 443 g/mol. The van der Waals surface area contributed by atoms with Gasteiger partial charge in [0.1, 0.15) is 0 Å². The van der Waals surface area contributed by atoms with Crippen LogP contribution in [0.4, 0.5) is 0 Å². The fourth-order valence-electron chi connectivity index (χ4n) is 2.84. The van der Waals surface area contributed by atoms with Gasteiger partial charge in [0.2, 0.25) is 5.91 Å². The van der Waals surface area contributed by atoms with Crippen molar-refractivity contribution in [3.05, 3.63) is 0 Å². The number of piperazine rings is 1. The molecule has 1 heterocycles.